The molecule has 2 aromatic rings. The van der Waals surface area contributed by atoms with Gasteiger partial charge < -0.3 is 15.7 Å². The molecule has 0 spiro atoms. The minimum Gasteiger partial charge on any atom is -0.508 e. The van der Waals surface area contributed by atoms with Crippen molar-refractivity contribution in [3.8, 4) is 5.75 Å². The Kier molecular flexibility index (Phi) is 4.77. The zero-order valence-electron chi connectivity index (χ0n) is 12.4. The van der Waals surface area contributed by atoms with E-state index in [1.165, 1.54) is 18.2 Å². The lowest BCUT2D eigenvalue weighted by atomic mass is 10.2. The molecule has 0 aliphatic rings. The van der Waals surface area contributed by atoms with Gasteiger partial charge in [0.05, 0.1) is 5.56 Å². The van der Waals surface area contributed by atoms with E-state index in [0.29, 0.717) is 11.3 Å². The van der Waals surface area contributed by atoms with Gasteiger partial charge in [-0.3, -0.25) is 9.59 Å². The van der Waals surface area contributed by atoms with Gasteiger partial charge in [-0.25, -0.2) is 0 Å². The van der Waals surface area contributed by atoms with Crippen LogP contribution in [0.4, 0.5) is 24.5 Å². The molecule has 0 fully saturated rings. The number of rotatable bonds is 2. The zero-order valence-corrected chi connectivity index (χ0v) is 12.4. The third-order valence-corrected chi connectivity index (χ3v) is 3.13. The summed E-state index contributed by atoms with van der Waals surface area (Å²) in [5.74, 6) is -1.99. The van der Waals surface area contributed by atoms with Crippen LogP contribution in [0.3, 0.4) is 0 Å². The molecule has 126 valence electrons. The number of aryl methyl sites for hydroxylation is 1. The Morgan fingerprint density at radius 3 is 2.08 bits per heavy atom. The number of phenolic OH excluding ortho intramolecular Hbond substituents is 1. The van der Waals surface area contributed by atoms with Crippen LogP contribution in [0.2, 0.25) is 0 Å². The maximum Gasteiger partial charge on any atom is 0.416 e. The van der Waals surface area contributed by atoms with Gasteiger partial charge in [0.1, 0.15) is 5.75 Å². The van der Waals surface area contributed by atoms with E-state index in [2.05, 4.69) is 10.6 Å². The Morgan fingerprint density at radius 1 is 0.958 bits per heavy atom. The first-order valence-corrected chi connectivity index (χ1v) is 6.76. The van der Waals surface area contributed by atoms with Crippen molar-refractivity contribution in [2.45, 2.75) is 13.1 Å². The highest BCUT2D eigenvalue weighted by atomic mass is 19.4. The van der Waals surface area contributed by atoms with E-state index in [0.717, 1.165) is 24.3 Å². The van der Waals surface area contributed by atoms with Crippen molar-refractivity contribution in [3.63, 3.8) is 0 Å². The molecule has 2 rings (SSSR count). The van der Waals surface area contributed by atoms with Crippen LogP contribution in [0.15, 0.2) is 42.5 Å². The van der Waals surface area contributed by atoms with Gasteiger partial charge in [0.2, 0.25) is 0 Å². The number of benzene rings is 2. The van der Waals surface area contributed by atoms with E-state index in [1.54, 1.807) is 6.92 Å². The van der Waals surface area contributed by atoms with Crippen LogP contribution >= 0.6 is 0 Å². The van der Waals surface area contributed by atoms with Crippen molar-refractivity contribution in [2.75, 3.05) is 10.6 Å². The summed E-state index contributed by atoms with van der Waals surface area (Å²) in [4.78, 5) is 23.6. The highest BCUT2D eigenvalue weighted by Gasteiger charge is 2.30. The molecule has 0 heterocycles. The van der Waals surface area contributed by atoms with Crippen molar-refractivity contribution in [3.05, 3.63) is 53.6 Å². The predicted octanol–water partition coefficient (Wildman–Crippen LogP) is 3.30. The second-order valence-corrected chi connectivity index (χ2v) is 4.98. The molecule has 0 aliphatic carbocycles. The van der Waals surface area contributed by atoms with Crippen molar-refractivity contribution < 1.29 is 27.9 Å². The van der Waals surface area contributed by atoms with E-state index in [1.807, 2.05) is 0 Å². The molecule has 0 saturated carbocycles. The maximum absolute atomic E-state index is 12.4. The van der Waals surface area contributed by atoms with Gasteiger partial charge in [0, 0.05) is 11.4 Å². The minimum atomic E-state index is -4.48. The second kappa shape index (κ2) is 6.61. The fraction of sp³-hybridized carbons (Fsp3) is 0.125. The van der Waals surface area contributed by atoms with Gasteiger partial charge in [0.15, 0.2) is 0 Å². The summed E-state index contributed by atoms with van der Waals surface area (Å²) in [7, 11) is 0. The third kappa shape index (κ3) is 4.25. The molecule has 2 aromatic carbocycles. The molecular formula is C16H13F3N2O3. The smallest absolute Gasteiger partial charge is 0.416 e. The van der Waals surface area contributed by atoms with Crippen molar-refractivity contribution in [1.82, 2.24) is 0 Å². The summed E-state index contributed by atoms with van der Waals surface area (Å²) in [6.45, 7) is 1.63. The SMILES string of the molecule is Cc1cc(O)ccc1NC(=O)C(=O)Nc1ccc(C(F)(F)F)cc1. The number of phenols is 1. The number of hydrogen-bond acceptors (Lipinski definition) is 3. The van der Waals surface area contributed by atoms with Crippen LogP contribution in [-0.4, -0.2) is 16.9 Å². The molecule has 0 unspecified atom stereocenters. The lowest BCUT2D eigenvalue weighted by Gasteiger charge is -2.10. The molecule has 0 radical (unpaired) electrons. The molecule has 0 saturated heterocycles. The van der Waals surface area contributed by atoms with E-state index >= 15 is 0 Å². The number of carbonyl (C=O) groups is 2. The highest BCUT2D eigenvalue weighted by Crippen LogP contribution is 2.29. The van der Waals surface area contributed by atoms with Crippen LogP contribution in [0, 0.1) is 6.92 Å². The van der Waals surface area contributed by atoms with Gasteiger partial charge in [-0.1, -0.05) is 0 Å². The van der Waals surface area contributed by atoms with Gasteiger partial charge in [-0.2, -0.15) is 13.2 Å². The first kappa shape index (κ1) is 17.3. The number of anilines is 2. The summed E-state index contributed by atoms with van der Waals surface area (Å²) < 4.78 is 37.3. The summed E-state index contributed by atoms with van der Waals surface area (Å²) in [5.41, 5.74) is 0.0845. The Balaban J connectivity index is 2.02. The Morgan fingerprint density at radius 2 is 1.54 bits per heavy atom. The number of hydrogen-bond donors (Lipinski definition) is 3. The first-order valence-electron chi connectivity index (χ1n) is 6.76. The largest absolute Gasteiger partial charge is 0.508 e. The fourth-order valence-electron chi connectivity index (χ4n) is 1.90. The summed E-state index contributed by atoms with van der Waals surface area (Å²) in [5, 5.41) is 13.8. The molecule has 0 atom stereocenters. The second-order valence-electron chi connectivity index (χ2n) is 4.98. The average molecular weight is 338 g/mol. The Labute approximate surface area is 135 Å². The number of carbonyl (C=O) groups excluding carboxylic acids is 2. The molecule has 0 bridgehead atoms. The normalized spacial score (nSPS) is 11.0. The van der Waals surface area contributed by atoms with Gasteiger partial charge in [-0.15, -0.1) is 0 Å². The van der Waals surface area contributed by atoms with Crippen molar-refractivity contribution in [2.24, 2.45) is 0 Å². The first-order chi connectivity index (χ1) is 11.2. The zero-order chi connectivity index (χ0) is 17.9. The third-order valence-electron chi connectivity index (χ3n) is 3.13. The molecule has 8 heteroatoms. The summed E-state index contributed by atoms with van der Waals surface area (Å²) >= 11 is 0. The topological polar surface area (TPSA) is 78.4 Å². The average Bonchev–Trinajstić information content (AvgIpc) is 2.49. The molecule has 2 amide bonds. The van der Waals surface area contributed by atoms with Crippen LogP contribution in [0.1, 0.15) is 11.1 Å². The lowest BCUT2D eigenvalue weighted by molar-refractivity contribution is -0.137. The van der Waals surface area contributed by atoms with Crippen LogP contribution in [0.25, 0.3) is 0 Å². The monoisotopic (exact) mass is 338 g/mol. The molecule has 3 N–H and O–H groups in total. The van der Waals surface area contributed by atoms with Crippen molar-refractivity contribution >= 4 is 23.2 Å². The number of halogens is 3. The standard InChI is InChI=1S/C16H13F3N2O3/c1-9-8-12(22)6-7-13(9)21-15(24)14(23)20-11-4-2-10(3-5-11)16(17,18)19/h2-8,22H,1H3,(H,20,23)(H,21,24). The van der Waals surface area contributed by atoms with E-state index in [4.69, 9.17) is 0 Å². The van der Waals surface area contributed by atoms with Crippen LogP contribution < -0.4 is 10.6 Å². The van der Waals surface area contributed by atoms with E-state index in [-0.39, 0.29) is 11.4 Å². The minimum absolute atomic E-state index is 0.0136. The Bertz CT molecular complexity index is 771. The van der Waals surface area contributed by atoms with Crippen LogP contribution in [-0.2, 0) is 15.8 Å². The number of amides is 2. The molecule has 0 aromatic heterocycles. The summed E-state index contributed by atoms with van der Waals surface area (Å²) in [6, 6.07) is 7.89. The lowest BCUT2D eigenvalue weighted by Crippen LogP contribution is -2.29. The molecule has 0 aliphatic heterocycles. The summed E-state index contributed by atoms with van der Waals surface area (Å²) in [6.07, 6.45) is -4.48. The molecule has 5 nitrogen and oxygen atoms in total. The quantitative estimate of drug-likeness (QED) is 0.581. The van der Waals surface area contributed by atoms with Gasteiger partial charge in [-0.05, 0) is 55.0 Å². The van der Waals surface area contributed by atoms with E-state index < -0.39 is 23.6 Å². The fourth-order valence-corrected chi connectivity index (χ4v) is 1.90. The molecule has 24 heavy (non-hydrogen) atoms. The van der Waals surface area contributed by atoms with Gasteiger partial charge in [0.25, 0.3) is 0 Å². The maximum atomic E-state index is 12.4. The van der Waals surface area contributed by atoms with Crippen LogP contribution in [0.5, 0.6) is 5.75 Å². The number of alkyl halides is 3. The van der Waals surface area contributed by atoms with Crippen molar-refractivity contribution in [1.29, 1.82) is 0 Å². The Hall–Kier alpha value is -3.03. The van der Waals surface area contributed by atoms with Gasteiger partial charge >= 0.3 is 18.0 Å². The highest BCUT2D eigenvalue weighted by molar-refractivity contribution is 6.43. The predicted molar refractivity (Wildman–Crippen MR) is 81.5 cm³/mol. The molecular weight excluding hydrogens is 325 g/mol. The number of aromatic hydroxyl groups is 1. The number of nitrogens with one attached hydrogen (secondary N) is 2. The van der Waals surface area contributed by atoms with E-state index in [9.17, 15) is 27.9 Å².